The highest BCUT2D eigenvalue weighted by atomic mass is 32.2. The molecule has 5 nitrogen and oxygen atoms in total. The first-order valence-corrected chi connectivity index (χ1v) is 7.85. The van der Waals surface area contributed by atoms with Crippen molar-refractivity contribution in [3.05, 3.63) is 30.6 Å². The molecule has 1 fully saturated rings. The summed E-state index contributed by atoms with van der Waals surface area (Å²) in [7, 11) is -2.80. The fraction of sp³-hybridized carbons (Fsp3) is 0.417. The van der Waals surface area contributed by atoms with Gasteiger partial charge in [-0.25, -0.2) is 13.4 Å². The van der Waals surface area contributed by atoms with Crippen LogP contribution in [0.4, 0.5) is 5.82 Å². The summed E-state index contributed by atoms with van der Waals surface area (Å²) in [5.41, 5.74) is 0.892. The molecule has 18 heavy (non-hydrogen) atoms. The van der Waals surface area contributed by atoms with E-state index in [4.69, 9.17) is 0 Å². The summed E-state index contributed by atoms with van der Waals surface area (Å²) < 4.78 is 24.7. The lowest BCUT2D eigenvalue weighted by atomic mass is 10.1. The predicted molar refractivity (Wildman–Crippen MR) is 70.5 cm³/mol. The standard InChI is InChI=1S/C12H15N3O2S/c16-18(17)8-4-10(5-9-18)14-12-3-1-2-11-13-6-7-15(11)12/h1-3,6-7,10,14H,4-5,8-9H2. The molecule has 0 aliphatic carbocycles. The van der Waals surface area contributed by atoms with Crippen LogP contribution >= 0.6 is 0 Å². The van der Waals surface area contributed by atoms with Crippen molar-refractivity contribution in [2.24, 2.45) is 0 Å². The molecular formula is C12H15N3O2S. The lowest BCUT2D eigenvalue weighted by Gasteiger charge is -2.24. The molecule has 1 N–H and O–H groups in total. The number of pyridine rings is 1. The van der Waals surface area contributed by atoms with Gasteiger partial charge in [-0.3, -0.25) is 4.40 Å². The van der Waals surface area contributed by atoms with Crippen LogP contribution in [0.1, 0.15) is 12.8 Å². The molecule has 0 aromatic carbocycles. The zero-order chi connectivity index (χ0) is 12.6. The maximum atomic E-state index is 11.4. The number of hydrogen-bond donors (Lipinski definition) is 1. The van der Waals surface area contributed by atoms with Crippen molar-refractivity contribution in [3.63, 3.8) is 0 Å². The topological polar surface area (TPSA) is 63.5 Å². The van der Waals surface area contributed by atoms with Gasteiger partial charge in [0, 0.05) is 18.4 Å². The van der Waals surface area contributed by atoms with Crippen LogP contribution in [0.5, 0.6) is 0 Å². The summed E-state index contributed by atoms with van der Waals surface area (Å²) in [6.45, 7) is 0. The number of nitrogens with zero attached hydrogens (tertiary/aromatic N) is 2. The third kappa shape index (κ3) is 2.20. The van der Waals surface area contributed by atoms with Gasteiger partial charge in [-0.05, 0) is 25.0 Å². The molecule has 3 rings (SSSR count). The SMILES string of the molecule is O=S1(=O)CCC(Nc2cccc3nccn23)CC1. The molecule has 1 saturated heterocycles. The third-order valence-corrected chi connectivity index (χ3v) is 5.05. The zero-order valence-electron chi connectivity index (χ0n) is 9.91. The molecule has 1 aliphatic heterocycles. The van der Waals surface area contributed by atoms with Gasteiger partial charge in [0.05, 0.1) is 11.5 Å². The molecule has 2 aromatic heterocycles. The minimum Gasteiger partial charge on any atom is -0.368 e. The van der Waals surface area contributed by atoms with Crippen molar-refractivity contribution in [1.29, 1.82) is 0 Å². The van der Waals surface area contributed by atoms with Gasteiger partial charge in [-0.15, -0.1) is 0 Å². The van der Waals surface area contributed by atoms with Crippen LogP contribution in [-0.4, -0.2) is 35.4 Å². The fourth-order valence-electron chi connectivity index (χ4n) is 2.31. The fourth-order valence-corrected chi connectivity index (χ4v) is 3.80. The normalized spacial score (nSPS) is 20.0. The number of anilines is 1. The molecule has 0 spiro atoms. The highest BCUT2D eigenvalue weighted by molar-refractivity contribution is 7.91. The lowest BCUT2D eigenvalue weighted by molar-refractivity contribution is 0.559. The summed E-state index contributed by atoms with van der Waals surface area (Å²) in [6, 6.07) is 6.10. The van der Waals surface area contributed by atoms with Gasteiger partial charge < -0.3 is 5.32 Å². The molecule has 6 heteroatoms. The summed E-state index contributed by atoms with van der Waals surface area (Å²) >= 11 is 0. The summed E-state index contributed by atoms with van der Waals surface area (Å²) in [5, 5.41) is 3.41. The molecule has 0 amide bonds. The second-order valence-electron chi connectivity index (χ2n) is 4.64. The maximum Gasteiger partial charge on any atom is 0.150 e. The Kier molecular flexibility index (Phi) is 2.74. The Labute approximate surface area is 106 Å². The van der Waals surface area contributed by atoms with Crippen molar-refractivity contribution in [1.82, 2.24) is 9.38 Å². The lowest BCUT2D eigenvalue weighted by Crippen LogP contribution is -2.32. The van der Waals surface area contributed by atoms with Crippen molar-refractivity contribution >= 4 is 21.3 Å². The van der Waals surface area contributed by atoms with Gasteiger partial charge in [0.1, 0.15) is 21.3 Å². The Morgan fingerprint density at radius 3 is 2.83 bits per heavy atom. The van der Waals surface area contributed by atoms with Crippen molar-refractivity contribution in [3.8, 4) is 0 Å². The minimum atomic E-state index is -2.80. The van der Waals surface area contributed by atoms with Crippen LogP contribution in [0.2, 0.25) is 0 Å². The van der Waals surface area contributed by atoms with E-state index in [0.717, 1.165) is 11.5 Å². The number of sulfone groups is 1. The Balaban J connectivity index is 1.79. The molecule has 0 radical (unpaired) electrons. The Morgan fingerprint density at radius 1 is 1.28 bits per heavy atom. The number of rotatable bonds is 2. The van der Waals surface area contributed by atoms with E-state index in [9.17, 15) is 8.42 Å². The van der Waals surface area contributed by atoms with Crippen molar-refractivity contribution in [2.45, 2.75) is 18.9 Å². The van der Waals surface area contributed by atoms with E-state index in [1.54, 1.807) is 6.20 Å². The molecule has 3 heterocycles. The highest BCUT2D eigenvalue weighted by Gasteiger charge is 2.23. The second-order valence-corrected chi connectivity index (χ2v) is 6.94. The minimum absolute atomic E-state index is 0.224. The van der Waals surface area contributed by atoms with Gasteiger partial charge in [-0.2, -0.15) is 0 Å². The first kappa shape index (κ1) is 11.5. The van der Waals surface area contributed by atoms with E-state index in [1.807, 2.05) is 28.8 Å². The molecule has 96 valence electrons. The monoisotopic (exact) mass is 265 g/mol. The van der Waals surface area contributed by atoms with Crippen LogP contribution < -0.4 is 5.32 Å². The van der Waals surface area contributed by atoms with Crippen LogP contribution in [0.25, 0.3) is 5.65 Å². The Morgan fingerprint density at radius 2 is 2.06 bits per heavy atom. The average molecular weight is 265 g/mol. The van der Waals surface area contributed by atoms with E-state index >= 15 is 0 Å². The maximum absolute atomic E-state index is 11.4. The quantitative estimate of drug-likeness (QED) is 0.889. The second kappa shape index (κ2) is 4.28. The zero-order valence-corrected chi connectivity index (χ0v) is 10.7. The number of fused-ring (bicyclic) bond motifs is 1. The molecule has 0 bridgehead atoms. The van der Waals surface area contributed by atoms with E-state index in [-0.39, 0.29) is 17.5 Å². The third-order valence-electron chi connectivity index (χ3n) is 3.33. The molecule has 0 saturated carbocycles. The average Bonchev–Trinajstić information content (AvgIpc) is 2.81. The van der Waals surface area contributed by atoms with Gasteiger partial charge in [-0.1, -0.05) is 6.07 Å². The summed E-state index contributed by atoms with van der Waals surface area (Å²) in [6.07, 6.45) is 5.00. The number of hydrogen-bond acceptors (Lipinski definition) is 4. The van der Waals surface area contributed by atoms with E-state index in [2.05, 4.69) is 10.3 Å². The highest BCUT2D eigenvalue weighted by Crippen LogP contribution is 2.18. The van der Waals surface area contributed by atoms with Crippen LogP contribution in [0.15, 0.2) is 30.6 Å². The van der Waals surface area contributed by atoms with Crippen molar-refractivity contribution < 1.29 is 8.42 Å². The number of nitrogens with one attached hydrogen (secondary N) is 1. The van der Waals surface area contributed by atoms with Gasteiger partial charge in [0.2, 0.25) is 0 Å². The molecule has 1 aliphatic rings. The molecule has 2 aromatic rings. The Hall–Kier alpha value is -1.56. The van der Waals surface area contributed by atoms with Gasteiger partial charge in [0.15, 0.2) is 0 Å². The first-order valence-electron chi connectivity index (χ1n) is 6.03. The molecule has 0 atom stereocenters. The number of aromatic nitrogens is 2. The van der Waals surface area contributed by atoms with Crippen molar-refractivity contribution in [2.75, 3.05) is 16.8 Å². The van der Waals surface area contributed by atoms with E-state index in [1.165, 1.54) is 0 Å². The van der Waals surface area contributed by atoms with Crippen LogP contribution in [0, 0.1) is 0 Å². The summed E-state index contributed by atoms with van der Waals surface area (Å²) in [4.78, 5) is 4.22. The van der Waals surface area contributed by atoms with Crippen LogP contribution in [0.3, 0.4) is 0 Å². The smallest absolute Gasteiger partial charge is 0.150 e. The van der Waals surface area contributed by atoms with Gasteiger partial charge >= 0.3 is 0 Å². The largest absolute Gasteiger partial charge is 0.368 e. The van der Waals surface area contributed by atoms with E-state index < -0.39 is 9.84 Å². The molecule has 0 unspecified atom stereocenters. The van der Waals surface area contributed by atoms with E-state index in [0.29, 0.717) is 12.8 Å². The Bertz CT molecular complexity index is 649. The van der Waals surface area contributed by atoms with Crippen LogP contribution in [-0.2, 0) is 9.84 Å². The van der Waals surface area contributed by atoms with Gasteiger partial charge in [0.25, 0.3) is 0 Å². The first-order chi connectivity index (χ1) is 8.64. The summed E-state index contributed by atoms with van der Waals surface area (Å²) in [5.74, 6) is 1.53. The predicted octanol–water partition coefficient (Wildman–Crippen LogP) is 1.32. The molecular weight excluding hydrogens is 250 g/mol. The number of imidazole rings is 1.